The normalized spacial score (nSPS) is 16.5. The quantitative estimate of drug-likeness (QED) is 0.840. The van der Waals surface area contributed by atoms with Gasteiger partial charge in [-0.15, -0.1) is 0 Å². The van der Waals surface area contributed by atoms with Gasteiger partial charge in [-0.3, -0.25) is 4.79 Å². The highest BCUT2D eigenvalue weighted by atomic mass is 16.5. The van der Waals surface area contributed by atoms with E-state index in [-0.39, 0.29) is 11.5 Å². The number of phenolic OH excluding ortho intramolecular Hbond substituents is 1. The molecular formula is C16H22O3. The fourth-order valence-electron chi connectivity index (χ4n) is 2.92. The Hall–Kier alpha value is -1.35. The topological polar surface area (TPSA) is 46.5 Å². The molecule has 0 heterocycles. The lowest BCUT2D eigenvalue weighted by Crippen LogP contribution is -2.07. The van der Waals surface area contributed by atoms with Crippen molar-refractivity contribution in [2.45, 2.75) is 51.6 Å². The maximum atomic E-state index is 11.7. The fraction of sp³-hybridized carbons (Fsp3) is 0.562. The molecule has 19 heavy (non-hydrogen) atoms. The molecule has 0 spiro atoms. The van der Waals surface area contributed by atoms with Crippen LogP contribution in [0.5, 0.6) is 5.75 Å². The Labute approximate surface area is 114 Å². The number of hydrogen-bond donors (Lipinski definition) is 1. The van der Waals surface area contributed by atoms with Gasteiger partial charge in [-0.05, 0) is 43.4 Å². The molecule has 0 radical (unpaired) electrons. The van der Waals surface area contributed by atoms with Crippen LogP contribution in [0.4, 0.5) is 0 Å². The third-order valence-electron chi connectivity index (χ3n) is 3.97. The molecule has 0 aliphatic heterocycles. The number of ketones is 1. The minimum Gasteiger partial charge on any atom is -0.507 e. The van der Waals surface area contributed by atoms with Crippen LogP contribution in [0, 0.1) is 0 Å². The van der Waals surface area contributed by atoms with Crippen LogP contribution in [0.3, 0.4) is 0 Å². The number of carbonyl (C=O) groups excluding carboxylic acids is 1. The molecule has 3 heteroatoms. The number of methoxy groups -OCH3 is 1. The second-order valence-electron chi connectivity index (χ2n) is 5.40. The molecule has 0 saturated heterocycles. The summed E-state index contributed by atoms with van der Waals surface area (Å²) in [6.07, 6.45) is 6.16. The Bertz CT molecular complexity index is 459. The van der Waals surface area contributed by atoms with Crippen LogP contribution in [-0.2, 0) is 11.3 Å². The van der Waals surface area contributed by atoms with E-state index in [1.807, 2.05) is 12.1 Å². The Morgan fingerprint density at radius 2 is 2.00 bits per heavy atom. The van der Waals surface area contributed by atoms with Gasteiger partial charge in [0.15, 0.2) is 5.78 Å². The number of hydrogen-bond acceptors (Lipinski definition) is 3. The summed E-state index contributed by atoms with van der Waals surface area (Å²) in [6.45, 7) is 1.84. The summed E-state index contributed by atoms with van der Waals surface area (Å²) >= 11 is 0. The van der Waals surface area contributed by atoms with Gasteiger partial charge in [-0.2, -0.15) is 0 Å². The van der Waals surface area contributed by atoms with Gasteiger partial charge in [0.25, 0.3) is 0 Å². The largest absolute Gasteiger partial charge is 0.507 e. The van der Waals surface area contributed by atoms with E-state index < -0.39 is 0 Å². The SMILES string of the molecule is COCc1cc(C2CCCCC2)cc(C(C)=O)c1O. The molecule has 1 N–H and O–H groups in total. The van der Waals surface area contributed by atoms with E-state index in [9.17, 15) is 9.90 Å². The number of Topliss-reactive ketones (excluding diaryl/α,β-unsaturated/α-hetero) is 1. The van der Waals surface area contributed by atoms with E-state index in [2.05, 4.69) is 0 Å². The van der Waals surface area contributed by atoms with E-state index in [4.69, 9.17) is 4.74 Å². The molecule has 104 valence electrons. The van der Waals surface area contributed by atoms with E-state index in [0.717, 1.165) is 5.56 Å². The van der Waals surface area contributed by atoms with Crippen LogP contribution >= 0.6 is 0 Å². The molecule has 1 aromatic carbocycles. The van der Waals surface area contributed by atoms with Crippen molar-refractivity contribution in [3.05, 3.63) is 28.8 Å². The van der Waals surface area contributed by atoms with Gasteiger partial charge in [0.1, 0.15) is 5.75 Å². The number of phenols is 1. The Kier molecular flexibility index (Phi) is 4.59. The molecule has 1 aliphatic rings. The molecule has 0 atom stereocenters. The van der Waals surface area contributed by atoms with Crippen LogP contribution in [0.1, 0.15) is 66.4 Å². The van der Waals surface area contributed by atoms with Crippen molar-refractivity contribution in [2.24, 2.45) is 0 Å². The smallest absolute Gasteiger partial charge is 0.163 e. The van der Waals surface area contributed by atoms with Crippen molar-refractivity contribution in [3.8, 4) is 5.75 Å². The maximum Gasteiger partial charge on any atom is 0.163 e. The second-order valence-corrected chi connectivity index (χ2v) is 5.40. The fourth-order valence-corrected chi connectivity index (χ4v) is 2.92. The van der Waals surface area contributed by atoms with Crippen molar-refractivity contribution < 1.29 is 14.6 Å². The molecule has 1 saturated carbocycles. The molecule has 0 aromatic heterocycles. The lowest BCUT2D eigenvalue weighted by Gasteiger charge is -2.23. The molecule has 0 bridgehead atoms. The number of ether oxygens (including phenoxy) is 1. The molecule has 0 unspecified atom stereocenters. The van der Waals surface area contributed by atoms with Crippen LogP contribution in [0.2, 0.25) is 0 Å². The minimum atomic E-state index is -0.0903. The Morgan fingerprint density at radius 3 is 2.58 bits per heavy atom. The lowest BCUT2D eigenvalue weighted by molar-refractivity contribution is 0.101. The highest BCUT2D eigenvalue weighted by molar-refractivity contribution is 5.97. The van der Waals surface area contributed by atoms with E-state index in [0.29, 0.717) is 18.1 Å². The Morgan fingerprint density at radius 1 is 1.32 bits per heavy atom. The van der Waals surface area contributed by atoms with Gasteiger partial charge in [0.05, 0.1) is 12.2 Å². The first-order valence-corrected chi connectivity index (χ1v) is 6.99. The van der Waals surface area contributed by atoms with Gasteiger partial charge in [-0.25, -0.2) is 0 Å². The molecule has 0 amide bonds. The first kappa shape index (κ1) is 14.1. The number of aromatic hydroxyl groups is 1. The van der Waals surface area contributed by atoms with Gasteiger partial charge in [0, 0.05) is 12.7 Å². The standard InChI is InChI=1S/C16H22O3/c1-11(17)15-9-13(12-6-4-3-5-7-12)8-14(10-19-2)16(15)18/h8-9,12,18H,3-7,10H2,1-2H3. The maximum absolute atomic E-state index is 11.7. The van der Waals surface area contributed by atoms with E-state index in [1.54, 1.807) is 7.11 Å². The molecule has 1 aromatic rings. The second kappa shape index (κ2) is 6.20. The highest BCUT2D eigenvalue weighted by Gasteiger charge is 2.20. The first-order valence-electron chi connectivity index (χ1n) is 6.99. The molecular weight excluding hydrogens is 240 g/mol. The third-order valence-corrected chi connectivity index (χ3v) is 3.97. The summed E-state index contributed by atoms with van der Waals surface area (Å²) in [4.78, 5) is 11.7. The summed E-state index contributed by atoms with van der Waals surface area (Å²) in [5, 5.41) is 10.1. The summed E-state index contributed by atoms with van der Waals surface area (Å²) in [5.74, 6) is 0.504. The van der Waals surface area contributed by atoms with Crippen molar-refractivity contribution in [2.75, 3.05) is 7.11 Å². The van der Waals surface area contributed by atoms with Crippen LogP contribution < -0.4 is 0 Å². The average Bonchev–Trinajstić information content (AvgIpc) is 2.42. The van der Waals surface area contributed by atoms with Gasteiger partial charge in [-0.1, -0.05) is 19.3 Å². The van der Waals surface area contributed by atoms with Crippen LogP contribution in [0.15, 0.2) is 12.1 Å². The zero-order chi connectivity index (χ0) is 13.8. The minimum absolute atomic E-state index is 0.0777. The van der Waals surface area contributed by atoms with E-state index in [1.165, 1.54) is 44.6 Å². The highest BCUT2D eigenvalue weighted by Crippen LogP contribution is 2.36. The first-order chi connectivity index (χ1) is 9.13. The molecule has 2 rings (SSSR count). The predicted octanol–water partition coefficient (Wildman–Crippen LogP) is 3.79. The summed E-state index contributed by atoms with van der Waals surface area (Å²) < 4.78 is 5.11. The third kappa shape index (κ3) is 3.16. The summed E-state index contributed by atoms with van der Waals surface area (Å²) in [7, 11) is 1.60. The van der Waals surface area contributed by atoms with Crippen LogP contribution in [-0.4, -0.2) is 18.0 Å². The number of benzene rings is 1. The monoisotopic (exact) mass is 262 g/mol. The summed E-state index contributed by atoms with van der Waals surface area (Å²) in [5.41, 5.74) is 2.32. The molecule has 1 fully saturated rings. The van der Waals surface area contributed by atoms with Gasteiger partial charge >= 0.3 is 0 Å². The van der Waals surface area contributed by atoms with E-state index >= 15 is 0 Å². The number of rotatable bonds is 4. The average molecular weight is 262 g/mol. The number of carbonyl (C=O) groups is 1. The van der Waals surface area contributed by atoms with Crippen molar-refractivity contribution in [3.63, 3.8) is 0 Å². The van der Waals surface area contributed by atoms with Crippen LogP contribution in [0.25, 0.3) is 0 Å². The Balaban J connectivity index is 2.39. The predicted molar refractivity (Wildman–Crippen MR) is 74.7 cm³/mol. The molecule has 1 aliphatic carbocycles. The zero-order valence-corrected chi connectivity index (χ0v) is 11.7. The van der Waals surface area contributed by atoms with Gasteiger partial charge < -0.3 is 9.84 Å². The van der Waals surface area contributed by atoms with Crippen molar-refractivity contribution in [1.82, 2.24) is 0 Å². The lowest BCUT2D eigenvalue weighted by atomic mass is 9.82. The zero-order valence-electron chi connectivity index (χ0n) is 11.7. The van der Waals surface area contributed by atoms with Gasteiger partial charge in [0.2, 0.25) is 0 Å². The van der Waals surface area contributed by atoms with Crippen molar-refractivity contribution in [1.29, 1.82) is 0 Å². The molecule has 3 nitrogen and oxygen atoms in total. The van der Waals surface area contributed by atoms with Crippen molar-refractivity contribution >= 4 is 5.78 Å². The summed E-state index contributed by atoms with van der Waals surface area (Å²) in [6, 6.07) is 3.87.